The van der Waals surface area contributed by atoms with E-state index in [1.165, 1.54) is 0 Å². The molecule has 0 spiro atoms. The lowest BCUT2D eigenvalue weighted by molar-refractivity contribution is -0.117. The molecule has 0 fully saturated rings. The Balaban J connectivity index is 1.73. The van der Waals surface area contributed by atoms with E-state index >= 15 is 0 Å². The second-order valence-electron chi connectivity index (χ2n) is 9.55. The molecule has 2 aromatic carbocycles. The Labute approximate surface area is 226 Å². The molecule has 0 saturated carbocycles. The normalized spacial score (nSPS) is 21.0. The van der Waals surface area contributed by atoms with Crippen LogP contribution >= 0.6 is 15.9 Å². The van der Waals surface area contributed by atoms with Gasteiger partial charge in [-0.15, -0.1) is 0 Å². The van der Waals surface area contributed by atoms with Gasteiger partial charge >= 0.3 is 0 Å². The number of halogens is 1. The van der Waals surface area contributed by atoms with E-state index in [1.54, 1.807) is 12.1 Å². The zero-order chi connectivity index (χ0) is 26.5. The summed E-state index contributed by atoms with van der Waals surface area (Å²) in [5, 5.41) is 19.3. The quantitative estimate of drug-likeness (QED) is 0.346. The molecule has 2 aliphatic rings. The van der Waals surface area contributed by atoms with E-state index in [1.807, 2.05) is 38.1 Å². The smallest absolute Gasteiger partial charge is 0.175 e. The average molecular weight is 560 g/mol. The highest BCUT2D eigenvalue weighted by molar-refractivity contribution is 9.10. The molecule has 1 heterocycles. The van der Waals surface area contributed by atoms with E-state index in [0.29, 0.717) is 46.1 Å². The molecule has 3 unspecified atom stereocenters. The molecule has 0 bridgehead atoms. The van der Waals surface area contributed by atoms with E-state index < -0.39 is 11.8 Å². The third-order valence-electron chi connectivity index (χ3n) is 6.94. The van der Waals surface area contributed by atoms with Crippen LogP contribution in [0.2, 0.25) is 0 Å². The van der Waals surface area contributed by atoms with Gasteiger partial charge in [0.15, 0.2) is 17.3 Å². The zero-order valence-corrected chi connectivity index (χ0v) is 23.0. The molecule has 37 heavy (non-hydrogen) atoms. The summed E-state index contributed by atoms with van der Waals surface area (Å²) < 4.78 is 12.8. The molecule has 0 saturated heterocycles. The van der Waals surface area contributed by atoms with Crippen molar-refractivity contribution in [2.75, 3.05) is 6.61 Å². The van der Waals surface area contributed by atoms with Crippen molar-refractivity contribution in [3.63, 3.8) is 0 Å². The number of ketones is 1. The van der Waals surface area contributed by atoms with E-state index in [-0.39, 0.29) is 12.4 Å². The number of allylic oxidation sites excluding steroid dienone is 2. The number of benzene rings is 2. The summed E-state index contributed by atoms with van der Waals surface area (Å²) in [6.07, 6.45) is 3.29. The van der Waals surface area contributed by atoms with Crippen LogP contribution in [0.4, 0.5) is 0 Å². The molecule has 6 nitrogen and oxygen atoms in total. The molecule has 2 aromatic rings. The molecule has 0 amide bonds. The van der Waals surface area contributed by atoms with Crippen molar-refractivity contribution in [1.29, 1.82) is 10.5 Å². The first kappa shape index (κ1) is 26.6. The minimum atomic E-state index is -0.535. The highest BCUT2D eigenvalue weighted by Crippen LogP contribution is 2.48. The van der Waals surface area contributed by atoms with Crippen molar-refractivity contribution < 1.29 is 14.3 Å². The molecule has 1 aliphatic heterocycles. The first-order chi connectivity index (χ1) is 17.9. The maximum atomic E-state index is 13.4. The van der Waals surface area contributed by atoms with Crippen LogP contribution in [0.5, 0.6) is 11.5 Å². The van der Waals surface area contributed by atoms with Gasteiger partial charge in [-0.25, -0.2) is 0 Å². The molecule has 3 atom stereocenters. The van der Waals surface area contributed by atoms with Crippen LogP contribution in [-0.2, 0) is 11.4 Å². The molecule has 0 radical (unpaired) electrons. The van der Waals surface area contributed by atoms with Crippen molar-refractivity contribution in [1.82, 2.24) is 0 Å². The summed E-state index contributed by atoms with van der Waals surface area (Å²) in [4.78, 5) is 18.2. The third kappa shape index (κ3) is 5.63. The molecule has 4 rings (SSSR count). The predicted molar refractivity (Wildman–Crippen MR) is 145 cm³/mol. The Morgan fingerprint density at radius 1 is 1.14 bits per heavy atom. The van der Waals surface area contributed by atoms with E-state index in [0.717, 1.165) is 41.8 Å². The molecular weight excluding hydrogens is 530 g/mol. The van der Waals surface area contributed by atoms with Crippen molar-refractivity contribution in [2.45, 2.75) is 59.0 Å². The average Bonchev–Trinajstić information content (AvgIpc) is 2.87. The molecular formula is C30H30BrN3O3. The maximum absolute atomic E-state index is 13.4. The summed E-state index contributed by atoms with van der Waals surface area (Å²) in [7, 11) is 0. The Kier molecular flexibility index (Phi) is 8.46. The third-order valence-corrected chi connectivity index (χ3v) is 7.53. The van der Waals surface area contributed by atoms with Crippen molar-refractivity contribution in [3.8, 4) is 23.6 Å². The highest BCUT2D eigenvalue weighted by Gasteiger charge is 2.41. The predicted octanol–water partition coefficient (Wildman–Crippen LogP) is 7.03. The number of carbonyl (C=O) groups excluding carboxylic acids is 1. The van der Waals surface area contributed by atoms with Crippen LogP contribution in [-0.4, -0.2) is 18.1 Å². The van der Waals surface area contributed by atoms with Crippen molar-refractivity contribution in [2.24, 2.45) is 16.8 Å². The van der Waals surface area contributed by atoms with Crippen LogP contribution in [0.3, 0.4) is 0 Å². The first-order valence-corrected chi connectivity index (χ1v) is 13.5. The molecule has 0 N–H and O–H groups in total. The van der Waals surface area contributed by atoms with Crippen LogP contribution in [0, 0.1) is 34.5 Å². The number of nitriles is 2. The second-order valence-corrected chi connectivity index (χ2v) is 10.4. The monoisotopic (exact) mass is 559 g/mol. The standard InChI is InChI=1S/C30H30BrN3O3/c1-4-7-19-11-25-29(26(35)12-19)28(23(16-33)18(3)34-25)22-13-24(31)30(27(14-22)36-5-2)37-17-21-9-6-8-20(10-21)15-32/h6,8-10,13-14,19,23,28H,4-5,7,11-12,17H2,1-3H3. The highest BCUT2D eigenvalue weighted by atomic mass is 79.9. The second kappa shape index (κ2) is 11.8. The van der Waals surface area contributed by atoms with Gasteiger partial charge < -0.3 is 9.47 Å². The lowest BCUT2D eigenvalue weighted by atomic mass is 9.70. The topological polar surface area (TPSA) is 95.5 Å². The molecule has 190 valence electrons. The minimum Gasteiger partial charge on any atom is -0.490 e. The first-order valence-electron chi connectivity index (χ1n) is 12.7. The number of ether oxygens (including phenoxy) is 2. The van der Waals surface area contributed by atoms with Gasteiger partial charge in [0.1, 0.15) is 6.61 Å². The SMILES string of the molecule is CCCC1CC(=O)C2=C(C1)N=C(C)C(C#N)C2c1cc(Br)c(OCc2cccc(C#N)c2)c(OCC)c1. The van der Waals surface area contributed by atoms with Crippen LogP contribution < -0.4 is 9.47 Å². The zero-order valence-electron chi connectivity index (χ0n) is 21.4. The van der Waals surface area contributed by atoms with E-state index in [4.69, 9.17) is 14.5 Å². The summed E-state index contributed by atoms with van der Waals surface area (Å²) in [5.41, 5.74) is 4.49. The van der Waals surface area contributed by atoms with E-state index in [2.05, 4.69) is 35.0 Å². The number of nitrogens with zero attached hydrogens (tertiary/aromatic N) is 3. The number of rotatable bonds is 8. The number of carbonyl (C=O) groups is 1. The summed E-state index contributed by atoms with van der Waals surface area (Å²) in [6.45, 7) is 6.60. The number of hydrogen-bond donors (Lipinski definition) is 0. The van der Waals surface area contributed by atoms with Crippen molar-refractivity contribution >= 4 is 27.4 Å². The molecule has 1 aliphatic carbocycles. The summed E-state index contributed by atoms with van der Waals surface area (Å²) in [6, 6.07) is 15.6. The van der Waals surface area contributed by atoms with Gasteiger partial charge in [0.25, 0.3) is 0 Å². The largest absolute Gasteiger partial charge is 0.490 e. The lowest BCUT2D eigenvalue weighted by Gasteiger charge is -2.35. The maximum Gasteiger partial charge on any atom is 0.175 e. The van der Waals surface area contributed by atoms with Gasteiger partial charge in [0, 0.05) is 29.3 Å². The fourth-order valence-corrected chi connectivity index (χ4v) is 5.91. The Bertz CT molecular complexity index is 1350. The number of Topliss-reactive ketones (excluding diaryl/α,β-unsaturated/α-hetero) is 1. The van der Waals surface area contributed by atoms with Crippen LogP contribution in [0.1, 0.15) is 69.1 Å². The summed E-state index contributed by atoms with van der Waals surface area (Å²) >= 11 is 3.66. The molecule has 0 aromatic heterocycles. The van der Waals surface area contributed by atoms with Gasteiger partial charge in [0.2, 0.25) is 0 Å². The van der Waals surface area contributed by atoms with Gasteiger partial charge in [-0.2, -0.15) is 10.5 Å². The van der Waals surface area contributed by atoms with Gasteiger partial charge in [-0.3, -0.25) is 9.79 Å². The van der Waals surface area contributed by atoms with Crippen LogP contribution in [0.25, 0.3) is 0 Å². The number of aliphatic imine (C=N–C) groups is 1. The summed E-state index contributed by atoms with van der Waals surface area (Å²) in [5.74, 6) is 0.516. The van der Waals surface area contributed by atoms with E-state index in [9.17, 15) is 15.3 Å². The van der Waals surface area contributed by atoms with Gasteiger partial charge in [-0.05, 0) is 83.9 Å². The Morgan fingerprint density at radius 3 is 2.65 bits per heavy atom. The van der Waals surface area contributed by atoms with Crippen molar-refractivity contribution in [3.05, 3.63) is 68.8 Å². The fraction of sp³-hybridized carbons (Fsp3) is 0.400. The lowest BCUT2D eigenvalue weighted by Crippen LogP contribution is -2.32. The number of hydrogen-bond acceptors (Lipinski definition) is 6. The Hall–Kier alpha value is -3.42. The minimum absolute atomic E-state index is 0.0907. The van der Waals surface area contributed by atoms with Crippen LogP contribution in [0.15, 0.2) is 57.1 Å². The fourth-order valence-electron chi connectivity index (χ4n) is 5.33. The van der Waals surface area contributed by atoms with Gasteiger partial charge in [0.05, 0.1) is 34.7 Å². The molecule has 7 heteroatoms. The Morgan fingerprint density at radius 2 is 1.95 bits per heavy atom. The van der Waals surface area contributed by atoms with Gasteiger partial charge in [-0.1, -0.05) is 25.5 Å².